The molecule has 0 bridgehead atoms. The summed E-state index contributed by atoms with van der Waals surface area (Å²) in [7, 11) is 0. The topological polar surface area (TPSA) is 65.4 Å². The molecule has 0 unspecified atom stereocenters. The van der Waals surface area contributed by atoms with Crippen LogP contribution in [0.15, 0.2) is 53.3 Å². The Morgan fingerprint density at radius 2 is 1.88 bits per heavy atom. The Morgan fingerprint density at radius 1 is 1.12 bits per heavy atom. The van der Waals surface area contributed by atoms with Gasteiger partial charge in [0.2, 0.25) is 0 Å². The van der Waals surface area contributed by atoms with Gasteiger partial charge in [-0.1, -0.05) is 23.7 Å². The average molecular weight is 357 g/mol. The fourth-order valence-corrected chi connectivity index (χ4v) is 3.08. The van der Waals surface area contributed by atoms with Crippen LogP contribution in [0.25, 0.3) is 11.3 Å². The lowest BCUT2D eigenvalue weighted by atomic mass is 10.1. The molecule has 0 spiro atoms. The quantitative estimate of drug-likeness (QED) is 0.782. The molecule has 1 aliphatic rings. The number of benzene rings is 1. The number of nitrogens with one attached hydrogen (secondary N) is 1. The molecule has 6 nitrogen and oxygen atoms in total. The summed E-state index contributed by atoms with van der Waals surface area (Å²) in [5.41, 5.74) is 2.58. The van der Waals surface area contributed by atoms with Crippen molar-refractivity contribution < 1.29 is 9.21 Å². The first-order valence-electron chi connectivity index (χ1n) is 8.08. The zero-order valence-corrected chi connectivity index (χ0v) is 14.2. The summed E-state index contributed by atoms with van der Waals surface area (Å²) in [4.78, 5) is 16.4. The number of amides is 1. The van der Waals surface area contributed by atoms with E-state index in [1.165, 1.54) is 12.5 Å². The molecule has 1 aliphatic heterocycles. The van der Waals surface area contributed by atoms with E-state index in [2.05, 4.69) is 15.1 Å². The summed E-state index contributed by atoms with van der Waals surface area (Å²) in [5, 5.41) is 8.19. The molecule has 25 heavy (non-hydrogen) atoms. The summed E-state index contributed by atoms with van der Waals surface area (Å²) in [6.07, 6.45) is 3.01. The molecule has 1 N–H and O–H groups in total. The molecule has 1 saturated heterocycles. The first-order valence-corrected chi connectivity index (χ1v) is 8.46. The van der Waals surface area contributed by atoms with Crippen LogP contribution in [-0.4, -0.2) is 47.2 Å². The van der Waals surface area contributed by atoms with Gasteiger partial charge in [0.25, 0.3) is 5.91 Å². The van der Waals surface area contributed by atoms with Crippen molar-refractivity contribution in [2.24, 2.45) is 0 Å². The number of carbonyl (C=O) groups excluding carboxylic acids is 1. The molecule has 1 amide bonds. The third-order valence-corrected chi connectivity index (χ3v) is 4.63. The maximum absolute atomic E-state index is 12.3. The Morgan fingerprint density at radius 3 is 2.56 bits per heavy atom. The minimum Gasteiger partial charge on any atom is -0.472 e. The van der Waals surface area contributed by atoms with E-state index in [-0.39, 0.29) is 5.91 Å². The van der Waals surface area contributed by atoms with Crippen LogP contribution in [0.1, 0.15) is 10.4 Å². The fourth-order valence-electron chi connectivity index (χ4n) is 2.96. The largest absolute Gasteiger partial charge is 0.472 e. The van der Waals surface area contributed by atoms with Crippen LogP contribution in [0.4, 0.5) is 5.82 Å². The highest BCUT2D eigenvalue weighted by Gasteiger charge is 2.24. The predicted octanol–water partition coefficient (Wildman–Crippen LogP) is 3.29. The maximum atomic E-state index is 12.3. The smallest absolute Gasteiger partial charge is 0.257 e. The van der Waals surface area contributed by atoms with Crippen molar-refractivity contribution >= 4 is 23.3 Å². The number of aromatic amines is 1. The van der Waals surface area contributed by atoms with Gasteiger partial charge in [-0.15, -0.1) is 0 Å². The number of aromatic nitrogens is 2. The van der Waals surface area contributed by atoms with Crippen LogP contribution in [0.5, 0.6) is 0 Å². The Balaban J connectivity index is 1.41. The maximum Gasteiger partial charge on any atom is 0.257 e. The number of hydrogen-bond donors (Lipinski definition) is 1. The number of nitrogens with zero attached hydrogens (tertiary/aromatic N) is 3. The second-order valence-corrected chi connectivity index (χ2v) is 6.37. The first-order chi connectivity index (χ1) is 12.2. The Bertz CT molecular complexity index is 850. The zero-order valence-electron chi connectivity index (χ0n) is 13.5. The van der Waals surface area contributed by atoms with Gasteiger partial charge < -0.3 is 14.2 Å². The lowest BCUT2D eigenvalue weighted by Crippen LogP contribution is -2.48. The summed E-state index contributed by atoms with van der Waals surface area (Å²) >= 11 is 5.93. The highest BCUT2D eigenvalue weighted by atomic mass is 35.5. The number of halogens is 1. The number of furan rings is 1. The second-order valence-electron chi connectivity index (χ2n) is 5.94. The van der Waals surface area contributed by atoms with E-state index in [9.17, 15) is 4.79 Å². The van der Waals surface area contributed by atoms with Crippen molar-refractivity contribution in [1.29, 1.82) is 0 Å². The lowest BCUT2D eigenvalue weighted by Gasteiger charge is -2.34. The van der Waals surface area contributed by atoms with E-state index < -0.39 is 0 Å². The number of rotatable bonds is 3. The molecule has 0 atom stereocenters. The molecule has 0 aliphatic carbocycles. The van der Waals surface area contributed by atoms with Crippen LogP contribution in [0, 0.1) is 0 Å². The summed E-state index contributed by atoms with van der Waals surface area (Å²) in [6, 6.07) is 11.4. The Labute approximate surface area is 150 Å². The Kier molecular flexibility index (Phi) is 4.19. The van der Waals surface area contributed by atoms with E-state index in [1.807, 2.05) is 35.2 Å². The number of H-pyrrole nitrogens is 1. The lowest BCUT2D eigenvalue weighted by molar-refractivity contribution is 0.0746. The van der Waals surface area contributed by atoms with Crippen molar-refractivity contribution in [2.45, 2.75) is 0 Å². The minimum absolute atomic E-state index is 0.0114. The molecule has 3 aromatic rings. The normalized spacial score (nSPS) is 14.8. The number of piperazine rings is 1. The van der Waals surface area contributed by atoms with Crippen molar-refractivity contribution in [2.75, 3.05) is 31.1 Å². The Hall–Kier alpha value is -2.73. The molecule has 1 fully saturated rings. The van der Waals surface area contributed by atoms with Gasteiger partial charge >= 0.3 is 0 Å². The van der Waals surface area contributed by atoms with Gasteiger partial charge in [-0.3, -0.25) is 9.89 Å². The van der Waals surface area contributed by atoms with Crippen molar-refractivity contribution in [3.63, 3.8) is 0 Å². The van der Waals surface area contributed by atoms with E-state index in [1.54, 1.807) is 6.07 Å². The summed E-state index contributed by atoms with van der Waals surface area (Å²) in [6.45, 7) is 2.81. The van der Waals surface area contributed by atoms with E-state index in [0.29, 0.717) is 23.7 Å². The molecule has 0 saturated carbocycles. The zero-order chi connectivity index (χ0) is 17.2. The minimum atomic E-state index is 0.0114. The van der Waals surface area contributed by atoms with Gasteiger partial charge in [-0.05, 0) is 23.8 Å². The molecule has 0 radical (unpaired) electrons. The van der Waals surface area contributed by atoms with Crippen molar-refractivity contribution in [3.05, 3.63) is 59.5 Å². The molecular formula is C18H17ClN4O2. The SMILES string of the molecule is O=C(c1ccoc1)N1CCN(c2cc(-c3ccc(Cl)cc3)[nH]n2)CC1. The van der Waals surface area contributed by atoms with Gasteiger partial charge in [0, 0.05) is 37.3 Å². The van der Waals surface area contributed by atoms with Crippen molar-refractivity contribution in [3.8, 4) is 11.3 Å². The molecule has 128 valence electrons. The van der Waals surface area contributed by atoms with Gasteiger partial charge in [-0.2, -0.15) is 5.10 Å². The first kappa shape index (κ1) is 15.8. The molecule has 3 heterocycles. The average Bonchev–Trinajstić information content (AvgIpc) is 3.34. The van der Waals surface area contributed by atoms with Crippen LogP contribution in [-0.2, 0) is 0 Å². The third kappa shape index (κ3) is 3.25. The van der Waals surface area contributed by atoms with E-state index in [0.717, 1.165) is 30.2 Å². The molecular weight excluding hydrogens is 340 g/mol. The van der Waals surface area contributed by atoms with E-state index >= 15 is 0 Å². The fraction of sp³-hybridized carbons (Fsp3) is 0.222. The monoisotopic (exact) mass is 356 g/mol. The molecule has 2 aromatic heterocycles. The number of hydrogen-bond acceptors (Lipinski definition) is 4. The summed E-state index contributed by atoms with van der Waals surface area (Å²) < 4.78 is 4.99. The van der Waals surface area contributed by atoms with Crippen LogP contribution < -0.4 is 4.90 Å². The molecule has 1 aromatic carbocycles. The molecule has 4 rings (SSSR count). The highest BCUT2D eigenvalue weighted by molar-refractivity contribution is 6.30. The second kappa shape index (κ2) is 6.64. The van der Waals surface area contributed by atoms with E-state index in [4.69, 9.17) is 16.0 Å². The number of carbonyl (C=O) groups is 1. The highest BCUT2D eigenvalue weighted by Crippen LogP contribution is 2.24. The third-order valence-electron chi connectivity index (χ3n) is 4.38. The number of anilines is 1. The van der Waals surface area contributed by atoms with Gasteiger partial charge in [0.1, 0.15) is 6.26 Å². The van der Waals surface area contributed by atoms with Gasteiger partial charge in [-0.25, -0.2) is 0 Å². The van der Waals surface area contributed by atoms with Crippen LogP contribution >= 0.6 is 11.6 Å². The van der Waals surface area contributed by atoms with Gasteiger partial charge in [0.15, 0.2) is 5.82 Å². The van der Waals surface area contributed by atoms with Gasteiger partial charge in [0.05, 0.1) is 17.5 Å². The van der Waals surface area contributed by atoms with Crippen molar-refractivity contribution in [1.82, 2.24) is 15.1 Å². The standard InChI is InChI=1S/C18H17ClN4O2/c19-15-3-1-13(2-4-15)16-11-17(21-20-16)22-6-8-23(9-7-22)18(24)14-5-10-25-12-14/h1-5,10-12H,6-9H2,(H,20,21). The van der Waals surface area contributed by atoms with Crippen LogP contribution in [0.2, 0.25) is 5.02 Å². The predicted molar refractivity (Wildman–Crippen MR) is 95.9 cm³/mol. The summed E-state index contributed by atoms with van der Waals surface area (Å²) in [5.74, 6) is 0.901. The molecule has 7 heteroatoms. The van der Waals surface area contributed by atoms with Crippen LogP contribution in [0.3, 0.4) is 0 Å².